The van der Waals surface area contributed by atoms with E-state index >= 15 is 0 Å². The van der Waals surface area contributed by atoms with Crippen molar-refractivity contribution in [2.75, 3.05) is 0 Å². The van der Waals surface area contributed by atoms with Gasteiger partial charge in [0, 0.05) is 16.5 Å². The van der Waals surface area contributed by atoms with Crippen LogP contribution in [0.3, 0.4) is 0 Å². The molecule has 0 unspecified atom stereocenters. The van der Waals surface area contributed by atoms with E-state index in [0.717, 1.165) is 16.3 Å². The highest BCUT2D eigenvalue weighted by Gasteiger charge is 2.14. The topological polar surface area (TPSA) is 62.2 Å². The van der Waals surface area contributed by atoms with E-state index in [-0.39, 0.29) is 11.7 Å². The Morgan fingerprint density at radius 1 is 1.00 bits per heavy atom. The van der Waals surface area contributed by atoms with Crippen LogP contribution < -0.4 is 9.84 Å². The maximum absolute atomic E-state index is 11.9. The van der Waals surface area contributed by atoms with Crippen LogP contribution in [0.2, 0.25) is 0 Å². The van der Waals surface area contributed by atoms with Crippen LogP contribution >= 0.6 is 0 Å². The molecule has 0 spiro atoms. The third-order valence-corrected chi connectivity index (χ3v) is 4.44. The zero-order valence-electron chi connectivity index (χ0n) is 15.1. The number of nitrogens with zero attached hydrogens (tertiary/aromatic N) is 1. The highest BCUT2D eigenvalue weighted by atomic mass is 16.5. The first-order valence-electron chi connectivity index (χ1n) is 8.84. The minimum absolute atomic E-state index is 0.00355. The third-order valence-electron chi connectivity index (χ3n) is 4.44. The Balaban J connectivity index is 2.02. The summed E-state index contributed by atoms with van der Waals surface area (Å²) in [6, 6.07) is 20.6. The molecule has 4 heteroatoms. The van der Waals surface area contributed by atoms with Crippen molar-refractivity contribution < 1.29 is 14.6 Å². The minimum atomic E-state index is -1.22. The molecule has 0 aliphatic rings. The van der Waals surface area contributed by atoms with Gasteiger partial charge in [-0.15, -0.1) is 0 Å². The van der Waals surface area contributed by atoms with Crippen molar-refractivity contribution in [3.05, 3.63) is 72.3 Å². The molecule has 4 aromatic rings. The lowest BCUT2D eigenvalue weighted by Gasteiger charge is -2.16. The standard InChI is InChI=1S/C23H19NO3/c1-14(2)27-21-10-6-5-9-17(21)20-13-18(23(25)26)22-16-8-4-3-7-15(16)11-12-19(22)24-20/h3-14H,1-2H3,(H,25,26)/p-1. The van der Waals surface area contributed by atoms with Crippen molar-refractivity contribution in [1.29, 1.82) is 0 Å². The second-order valence-corrected chi connectivity index (χ2v) is 6.69. The number of carbonyl (C=O) groups is 1. The predicted octanol–water partition coefficient (Wildman–Crippen LogP) is 4.21. The smallest absolute Gasteiger partial charge is 0.129 e. The zero-order chi connectivity index (χ0) is 19.0. The van der Waals surface area contributed by atoms with Crippen molar-refractivity contribution >= 4 is 27.6 Å². The van der Waals surface area contributed by atoms with Gasteiger partial charge in [-0.05, 0) is 48.9 Å². The van der Waals surface area contributed by atoms with E-state index in [9.17, 15) is 9.90 Å². The molecule has 27 heavy (non-hydrogen) atoms. The average Bonchev–Trinajstić information content (AvgIpc) is 2.66. The minimum Gasteiger partial charge on any atom is -0.545 e. The van der Waals surface area contributed by atoms with Crippen LogP contribution in [0.1, 0.15) is 24.2 Å². The Labute approximate surface area is 157 Å². The zero-order valence-corrected chi connectivity index (χ0v) is 15.1. The summed E-state index contributed by atoms with van der Waals surface area (Å²) in [4.78, 5) is 16.7. The first-order chi connectivity index (χ1) is 13.0. The number of ether oxygens (including phenoxy) is 1. The third kappa shape index (κ3) is 3.10. The van der Waals surface area contributed by atoms with E-state index in [0.29, 0.717) is 22.3 Å². The summed E-state index contributed by atoms with van der Waals surface area (Å²) in [5, 5.41) is 14.3. The van der Waals surface area contributed by atoms with Gasteiger partial charge in [-0.1, -0.05) is 42.5 Å². The number of pyridine rings is 1. The average molecular weight is 356 g/mol. The second-order valence-electron chi connectivity index (χ2n) is 6.69. The van der Waals surface area contributed by atoms with E-state index in [4.69, 9.17) is 9.72 Å². The number of aromatic carboxylic acids is 1. The molecule has 0 atom stereocenters. The molecule has 0 N–H and O–H groups in total. The first kappa shape index (κ1) is 17.0. The van der Waals surface area contributed by atoms with Gasteiger partial charge in [-0.3, -0.25) is 0 Å². The summed E-state index contributed by atoms with van der Waals surface area (Å²) in [6.07, 6.45) is -0.00355. The lowest BCUT2D eigenvalue weighted by molar-refractivity contribution is -0.254. The maximum Gasteiger partial charge on any atom is 0.129 e. The number of aromatic nitrogens is 1. The lowest BCUT2D eigenvalue weighted by atomic mass is 9.98. The van der Waals surface area contributed by atoms with Gasteiger partial charge in [-0.25, -0.2) is 4.98 Å². The van der Waals surface area contributed by atoms with Crippen molar-refractivity contribution in [3.63, 3.8) is 0 Å². The fourth-order valence-electron chi connectivity index (χ4n) is 3.34. The summed E-state index contributed by atoms with van der Waals surface area (Å²) in [7, 11) is 0. The number of hydrogen-bond donors (Lipinski definition) is 0. The highest BCUT2D eigenvalue weighted by molar-refractivity contribution is 6.15. The van der Waals surface area contributed by atoms with Gasteiger partial charge in [0.25, 0.3) is 0 Å². The maximum atomic E-state index is 11.9. The van der Waals surface area contributed by atoms with Crippen LogP contribution in [0.5, 0.6) is 5.75 Å². The van der Waals surface area contributed by atoms with E-state index in [1.54, 1.807) is 6.07 Å². The van der Waals surface area contributed by atoms with Gasteiger partial charge in [0.1, 0.15) is 5.75 Å². The van der Waals surface area contributed by atoms with Crippen molar-refractivity contribution in [2.45, 2.75) is 20.0 Å². The summed E-state index contributed by atoms with van der Waals surface area (Å²) in [5.74, 6) is -0.549. The molecule has 1 aromatic heterocycles. The molecule has 0 fully saturated rings. The highest BCUT2D eigenvalue weighted by Crippen LogP contribution is 2.34. The Morgan fingerprint density at radius 3 is 2.52 bits per heavy atom. The summed E-state index contributed by atoms with van der Waals surface area (Å²) in [6.45, 7) is 3.90. The number of carboxylic acids is 1. The van der Waals surface area contributed by atoms with E-state index in [1.807, 2.05) is 74.5 Å². The van der Waals surface area contributed by atoms with Gasteiger partial charge >= 0.3 is 0 Å². The van der Waals surface area contributed by atoms with Crippen molar-refractivity contribution in [1.82, 2.24) is 4.98 Å². The largest absolute Gasteiger partial charge is 0.545 e. The SMILES string of the molecule is CC(C)Oc1ccccc1-c1cc(C(=O)[O-])c2c(ccc3ccccc32)n1. The number of hydrogen-bond acceptors (Lipinski definition) is 4. The fourth-order valence-corrected chi connectivity index (χ4v) is 3.34. The second kappa shape index (κ2) is 6.72. The molecule has 4 rings (SSSR count). The van der Waals surface area contributed by atoms with Crippen LogP contribution in [0.25, 0.3) is 32.9 Å². The number of para-hydroxylation sites is 1. The Morgan fingerprint density at radius 2 is 1.74 bits per heavy atom. The van der Waals surface area contributed by atoms with Crippen LogP contribution in [0.15, 0.2) is 66.7 Å². The molecule has 0 amide bonds. The summed E-state index contributed by atoms with van der Waals surface area (Å²) in [5.41, 5.74) is 2.05. The molecule has 134 valence electrons. The molecule has 1 heterocycles. The molecule has 0 aliphatic heterocycles. The molecule has 4 nitrogen and oxygen atoms in total. The number of rotatable bonds is 4. The Kier molecular flexibility index (Phi) is 4.24. The lowest BCUT2D eigenvalue weighted by Crippen LogP contribution is -2.23. The van der Waals surface area contributed by atoms with Crippen molar-refractivity contribution in [3.8, 4) is 17.0 Å². The molecule has 0 aliphatic carbocycles. The molecular formula is C23H18NO3-. The van der Waals surface area contributed by atoms with E-state index in [1.165, 1.54) is 0 Å². The fraction of sp³-hybridized carbons (Fsp3) is 0.130. The molecule has 0 bridgehead atoms. The Bertz CT molecular complexity index is 1160. The number of fused-ring (bicyclic) bond motifs is 3. The molecule has 0 radical (unpaired) electrons. The molecule has 0 saturated heterocycles. The monoisotopic (exact) mass is 356 g/mol. The van der Waals surface area contributed by atoms with Gasteiger partial charge in [-0.2, -0.15) is 0 Å². The summed E-state index contributed by atoms with van der Waals surface area (Å²) >= 11 is 0. The number of benzene rings is 3. The van der Waals surface area contributed by atoms with Crippen LogP contribution in [-0.2, 0) is 0 Å². The van der Waals surface area contributed by atoms with E-state index in [2.05, 4.69) is 0 Å². The molecule has 0 saturated carbocycles. The normalized spacial score (nSPS) is 11.2. The quantitative estimate of drug-likeness (QED) is 0.514. The van der Waals surface area contributed by atoms with Crippen LogP contribution in [0, 0.1) is 0 Å². The molecule has 3 aromatic carbocycles. The van der Waals surface area contributed by atoms with Crippen LogP contribution in [0.4, 0.5) is 0 Å². The van der Waals surface area contributed by atoms with Gasteiger partial charge in [0.05, 0.1) is 23.3 Å². The van der Waals surface area contributed by atoms with Gasteiger partial charge in [0.15, 0.2) is 0 Å². The van der Waals surface area contributed by atoms with Crippen LogP contribution in [-0.4, -0.2) is 17.1 Å². The van der Waals surface area contributed by atoms with Crippen molar-refractivity contribution in [2.24, 2.45) is 0 Å². The molecular weight excluding hydrogens is 338 g/mol. The predicted molar refractivity (Wildman–Crippen MR) is 105 cm³/mol. The first-order valence-corrected chi connectivity index (χ1v) is 8.84. The van der Waals surface area contributed by atoms with Gasteiger partial charge in [0.2, 0.25) is 0 Å². The number of carboxylic acid groups (broad SMARTS) is 1. The van der Waals surface area contributed by atoms with Gasteiger partial charge < -0.3 is 14.6 Å². The number of carbonyl (C=O) groups excluding carboxylic acids is 1. The van der Waals surface area contributed by atoms with E-state index < -0.39 is 5.97 Å². The Hall–Kier alpha value is -3.40. The summed E-state index contributed by atoms with van der Waals surface area (Å²) < 4.78 is 5.88.